The lowest BCUT2D eigenvalue weighted by Crippen LogP contribution is -2.32. The summed E-state index contributed by atoms with van der Waals surface area (Å²) in [6, 6.07) is 1.69. The first-order valence-corrected chi connectivity index (χ1v) is 3.58. The second-order valence-corrected chi connectivity index (χ2v) is 2.71. The molecule has 4 heteroatoms. The molecule has 1 heterocycles. The minimum absolute atomic E-state index is 0. The number of nitriles is 1. The number of alkyl halides is 1. The van der Waals surface area contributed by atoms with Gasteiger partial charge in [-0.1, -0.05) is 0 Å². The van der Waals surface area contributed by atoms with Crippen LogP contribution in [0.1, 0.15) is 19.3 Å². The van der Waals surface area contributed by atoms with Gasteiger partial charge in [-0.05, 0) is 25.8 Å². The molecule has 1 atom stereocenters. The van der Waals surface area contributed by atoms with E-state index in [4.69, 9.17) is 5.26 Å². The van der Waals surface area contributed by atoms with E-state index >= 15 is 0 Å². The topological polar surface area (TPSA) is 35.8 Å². The fraction of sp³-hybridized carbons (Fsp3) is 0.857. The first-order chi connectivity index (χ1) is 4.77. The lowest BCUT2D eigenvalue weighted by Gasteiger charge is -2.12. The summed E-state index contributed by atoms with van der Waals surface area (Å²) >= 11 is 0. The molecular weight excluding hydrogens is 167 g/mol. The van der Waals surface area contributed by atoms with Crippen LogP contribution in [0.3, 0.4) is 0 Å². The van der Waals surface area contributed by atoms with Gasteiger partial charge in [-0.3, -0.25) is 0 Å². The molecule has 0 aromatic heterocycles. The molecule has 64 valence electrons. The Balaban J connectivity index is 0.000001000. The maximum absolute atomic E-state index is 13.1. The summed E-state index contributed by atoms with van der Waals surface area (Å²) in [6.45, 7) is 1.04. The molecule has 2 nitrogen and oxygen atoms in total. The van der Waals surface area contributed by atoms with Crippen LogP contribution in [0.4, 0.5) is 4.39 Å². The van der Waals surface area contributed by atoms with Crippen LogP contribution < -0.4 is 5.32 Å². The third kappa shape index (κ3) is 3.04. The molecule has 0 aliphatic carbocycles. The smallest absolute Gasteiger partial charge is 0.208 e. The van der Waals surface area contributed by atoms with E-state index in [0.29, 0.717) is 6.42 Å². The summed E-state index contributed by atoms with van der Waals surface area (Å²) in [5.41, 5.74) is -1.60. The van der Waals surface area contributed by atoms with Crippen molar-refractivity contribution in [3.8, 4) is 6.07 Å². The van der Waals surface area contributed by atoms with Gasteiger partial charge < -0.3 is 5.32 Å². The Labute approximate surface area is 72.2 Å². The van der Waals surface area contributed by atoms with Crippen molar-refractivity contribution in [1.29, 1.82) is 5.26 Å². The molecule has 0 saturated carbocycles. The summed E-state index contributed by atoms with van der Waals surface area (Å²) in [5, 5.41) is 11.3. The van der Waals surface area contributed by atoms with E-state index < -0.39 is 5.67 Å². The summed E-state index contributed by atoms with van der Waals surface area (Å²) in [6.07, 6.45) is 2.18. The van der Waals surface area contributed by atoms with Crippen molar-refractivity contribution in [3.63, 3.8) is 0 Å². The van der Waals surface area contributed by atoms with Crippen LogP contribution >= 0.6 is 12.4 Å². The molecule has 1 unspecified atom stereocenters. The second-order valence-electron chi connectivity index (χ2n) is 2.71. The van der Waals surface area contributed by atoms with Crippen molar-refractivity contribution < 1.29 is 4.39 Å². The number of nitrogens with one attached hydrogen (secondary N) is 1. The Morgan fingerprint density at radius 3 is 2.82 bits per heavy atom. The number of hydrogen-bond acceptors (Lipinski definition) is 2. The molecule has 1 aliphatic rings. The maximum Gasteiger partial charge on any atom is 0.208 e. The van der Waals surface area contributed by atoms with Gasteiger partial charge in [0.1, 0.15) is 6.07 Å². The average Bonchev–Trinajstić information content (AvgIpc) is 2.15. The molecule has 0 bridgehead atoms. The Morgan fingerprint density at radius 2 is 2.18 bits per heavy atom. The zero-order chi connectivity index (χ0) is 7.45. The molecule has 0 spiro atoms. The Morgan fingerprint density at radius 1 is 1.45 bits per heavy atom. The van der Waals surface area contributed by atoms with Crippen LogP contribution in [0.2, 0.25) is 0 Å². The number of hydrogen-bond donors (Lipinski definition) is 1. The molecule has 11 heavy (non-hydrogen) atoms. The molecule has 1 saturated heterocycles. The quantitative estimate of drug-likeness (QED) is 0.609. The Hall–Kier alpha value is -0.330. The monoisotopic (exact) mass is 178 g/mol. The molecule has 1 N–H and O–H groups in total. The first kappa shape index (κ1) is 10.7. The van der Waals surface area contributed by atoms with Gasteiger partial charge in [-0.15, -0.1) is 12.4 Å². The van der Waals surface area contributed by atoms with E-state index in [9.17, 15) is 4.39 Å². The molecule has 1 rings (SSSR count). The maximum atomic E-state index is 13.1. The van der Waals surface area contributed by atoms with Crippen LogP contribution in [0.15, 0.2) is 0 Å². The highest BCUT2D eigenvalue weighted by Crippen LogP contribution is 2.19. The van der Waals surface area contributed by atoms with Gasteiger partial charge in [0.25, 0.3) is 0 Å². The standard InChI is InChI=1S/C7H11FN2.ClH/c8-7(5-9)3-1-2-4-10-6-7;/h10H,1-4,6H2;1H. The van der Waals surface area contributed by atoms with Crippen molar-refractivity contribution in [2.45, 2.75) is 24.9 Å². The number of rotatable bonds is 0. The van der Waals surface area contributed by atoms with E-state index in [2.05, 4.69) is 5.32 Å². The minimum Gasteiger partial charge on any atom is -0.313 e. The molecule has 0 aromatic carbocycles. The third-order valence-corrected chi connectivity index (χ3v) is 1.78. The first-order valence-electron chi connectivity index (χ1n) is 3.58. The summed E-state index contributed by atoms with van der Waals surface area (Å²) in [7, 11) is 0. The third-order valence-electron chi connectivity index (χ3n) is 1.78. The van der Waals surface area contributed by atoms with E-state index in [1.807, 2.05) is 0 Å². The van der Waals surface area contributed by atoms with Crippen molar-refractivity contribution in [3.05, 3.63) is 0 Å². The normalized spacial score (nSPS) is 31.3. The van der Waals surface area contributed by atoms with Crippen LogP contribution in [0, 0.1) is 11.3 Å². The highest BCUT2D eigenvalue weighted by atomic mass is 35.5. The second kappa shape index (κ2) is 4.53. The Kier molecular flexibility index (Phi) is 4.39. The highest BCUT2D eigenvalue weighted by molar-refractivity contribution is 5.85. The van der Waals surface area contributed by atoms with E-state index in [1.165, 1.54) is 0 Å². The summed E-state index contributed by atoms with van der Waals surface area (Å²) < 4.78 is 13.1. The van der Waals surface area contributed by atoms with Gasteiger partial charge in [-0.25, -0.2) is 4.39 Å². The van der Waals surface area contributed by atoms with Gasteiger partial charge in [0, 0.05) is 6.54 Å². The van der Waals surface area contributed by atoms with E-state index in [0.717, 1.165) is 19.4 Å². The van der Waals surface area contributed by atoms with Gasteiger partial charge in [0.15, 0.2) is 0 Å². The average molecular weight is 179 g/mol. The van der Waals surface area contributed by atoms with Crippen LogP contribution in [0.25, 0.3) is 0 Å². The van der Waals surface area contributed by atoms with Crippen LogP contribution in [0.5, 0.6) is 0 Å². The lowest BCUT2D eigenvalue weighted by molar-refractivity contribution is 0.226. The fourth-order valence-electron chi connectivity index (χ4n) is 1.13. The lowest BCUT2D eigenvalue weighted by atomic mass is 10.0. The van der Waals surface area contributed by atoms with Gasteiger partial charge >= 0.3 is 0 Å². The van der Waals surface area contributed by atoms with Crippen molar-refractivity contribution in [2.75, 3.05) is 13.1 Å². The molecular formula is C7H12ClFN2. The molecule has 0 aromatic rings. The largest absolute Gasteiger partial charge is 0.313 e. The van der Waals surface area contributed by atoms with Crippen LogP contribution in [-0.2, 0) is 0 Å². The molecule has 1 aliphatic heterocycles. The SMILES string of the molecule is Cl.N#CC1(F)CCCCNC1. The van der Waals surface area contributed by atoms with Crippen molar-refractivity contribution >= 4 is 12.4 Å². The fourth-order valence-corrected chi connectivity index (χ4v) is 1.13. The molecule has 0 radical (unpaired) electrons. The van der Waals surface area contributed by atoms with E-state index in [1.54, 1.807) is 6.07 Å². The summed E-state index contributed by atoms with van der Waals surface area (Å²) in [5.74, 6) is 0. The van der Waals surface area contributed by atoms with Gasteiger partial charge in [0.05, 0.1) is 0 Å². The van der Waals surface area contributed by atoms with Gasteiger partial charge in [0.2, 0.25) is 5.67 Å². The highest BCUT2D eigenvalue weighted by Gasteiger charge is 2.29. The Bertz CT molecular complexity index is 147. The zero-order valence-corrected chi connectivity index (χ0v) is 7.09. The van der Waals surface area contributed by atoms with E-state index in [-0.39, 0.29) is 19.0 Å². The molecule has 0 amide bonds. The zero-order valence-electron chi connectivity index (χ0n) is 6.27. The molecule has 1 fully saturated rings. The predicted octanol–water partition coefficient (Wildman–Crippen LogP) is 1.41. The number of halogens is 2. The minimum atomic E-state index is -1.60. The van der Waals surface area contributed by atoms with Crippen molar-refractivity contribution in [2.24, 2.45) is 0 Å². The predicted molar refractivity (Wildman–Crippen MR) is 43.4 cm³/mol. The van der Waals surface area contributed by atoms with Crippen molar-refractivity contribution in [1.82, 2.24) is 5.32 Å². The number of nitrogens with zero attached hydrogens (tertiary/aromatic N) is 1. The summed E-state index contributed by atoms with van der Waals surface area (Å²) in [4.78, 5) is 0. The van der Waals surface area contributed by atoms with Crippen LogP contribution in [-0.4, -0.2) is 18.8 Å². The van der Waals surface area contributed by atoms with Gasteiger partial charge in [-0.2, -0.15) is 5.26 Å².